The molecule has 0 radical (unpaired) electrons. The topological polar surface area (TPSA) is 237 Å². The fraction of sp³-hybridized carbons (Fsp3) is 0.944. The average molecular weight is 1330 g/mol. The van der Waals surface area contributed by atoms with Gasteiger partial charge in [0.2, 0.25) is 0 Å². The van der Waals surface area contributed by atoms with Crippen LogP contribution in [0.4, 0.5) is 0 Å². The van der Waals surface area contributed by atoms with Gasteiger partial charge in [-0.05, 0) is 43.4 Å². The summed E-state index contributed by atoms with van der Waals surface area (Å²) < 4.78 is 68.3. The van der Waals surface area contributed by atoms with E-state index in [1.54, 1.807) is 0 Å². The molecule has 0 saturated carbocycles. The summed E-state index contributed by atoms with van der Waals surface area (Å²) >= 11 is 0. The number of aliphatic hydroxyl groups excluding tert-OH is 1. The number of phosphoric acid groups is 2. The number of hydrogen-bond donors (Lipinski definition) is 3. The van der Waals surface area contributed by atoms with Gasteiger partial charge >= 0.3 is 39.5 Å². The number of ether oxygens (including phenoxy) is 4. The molecular formula is C71H138O17P2. The zero-order chi connectivity index (χ0) is 66.6. The number of carbonyl (C=O) groups excluding carboxylic acids is 4. The first-order valence-corrected chi connectivity index (χ1v) is 39.9. The van der Waals surface area contributed by atoms with E-state index in [1.807, 2.05) is 0 Å². The maximum absolute atomic E-state index is 13.0. The van der Waals surface area contributed by atoms with Gasteiger partial charge in [0.05, 0.1) is 26.4 Å². The lowest BCUT2D eigenvalue weighted by molar-refractivity contribution is -0.161. The van der Waals surface area contributed by atoms with Crippen molar-refractivity contribution in [2.75, 3.05) is 39.6 Å². The van der Waals surface area contributed by atoms with Crippen molar-refractivity contribution in [2.24, 2.45) is 17.8 Å². The van der Waals surface area contributed by atoms with Gasteiger partial charge in [-0.2, -0.15) is 0 Å². The summed E-state index contributed by atoms with van der Waals surface area (Å²) in [7, 11) is -9.90. The quantitative estimate of drug-likeness (QED) is 0.0222. The molecule has 0 fully saturated rings. The highest BCUT2D eigenvalue weighted by atomic mass is 31.2. The van der Waals surface area contributed by atoms with Gasteiger partial charge in [-0.1, -0.05) is 305 Å². The second-order valence-corrected chi connectivity index (χ2v) is 29.7. The maximum atomic E-state index is 13.0. The number of unbranched alkanes of at least 4 members (excludes halogenated alkanes) is 36. The largest absolute Gasteiger partial charge is 0.472 e. The first-order chi connectivity index (χ1) is 43.3. The third kappa shape index (κ3) is 63.5. The Labute approximate surface area is 549 Å². The minimum Gasteiger partial charge on any atom is -0.462 e. The van der Waals surface area contributed by atoms with Gasteiger partial charge in [0, 0.05) is 25.7 Å². The highest BCUT2D eigenvalue weighted by Gasteiger charge is 2.30. The Morgan fingerprint density at radius 2 is 0.567 bits per heavy atom. The van der Waals surface area contributed by atoms with Crippen LogP contribution in [0, 0.1) is 17.8 Å². The molecule has 0 aliphatic carbocycles. The van der Waals surface area contributed by atoms with E-state index in [0.717, 1.165) is 108 Å². The molecule has 0 bridgehead atoms. The predicted octanol–water partition coefficient (Wildman–Crippen LogP) is 20.2. The Kier molecular flexibility index (Phi) is 60.6. The summed E-state index contributed by atoms with van der Waals surface area (Å²) in [5, 5.41) is 10.6. The summed E-state index contributed by atoms with van der Waals surface area (Å²) in [5.41, 5.74) is 0. The molecule has 0 amide bonds. The van der Waals surface area contributed by atoms with Crippen LogP contribution in [0.15, 0.2) is 0 Å². The molecule has 19 heteroatoms. The summed E-state index contributed by atoms with van der Waals surface area (Å²) in [6.07, 6.45) is 45.6. The molecule has 0 saturated heterocycles. The van der Waals surface area contributed by atoms with Gasteiger partial charge in [0.25, 0.3) is 0 Å². The first-order valence-electron chi connectivity index (χ1n) is 36.9. The lowest BCUT2D eigenvalue weighted by Crippen LogP contribution is -2.30. The number of aliphatic hydroxyl groups is 1. The van der Waals surface area contributed by atoms with Crippen molar-refractivity contribution in [1.82, 2.24) is 0 Å². The van der Waals surface area contributed by atoms with Gasteiger partial charge in [-0.3, -0.25) is 37.3 Å². The minimum absolute atomic E-state index is 0.106. The van der Waals surface area contributed by atoms with Crippen LogP contribution < -0.4 is 0 Å². The highest BCUT2D eigenvalue weighted by Crippen LogP contribution is 2.45. The molecule has 3 unspecified atom stereocenters. The zero-order valence-electron chi connectivity index (χ0n) is 58.6. The van der Waals surface area contributed by atoms with Gasteiger partial charge in [-0.25, -0.2) is 9.13 Å². The third-order valence-corrected chi connectivity index (χ3v) is 18.6. The van der Waals surface area contributed by atoms with Crippen molar-refractivity contribution >= 4 is 39.5 Å². The minimum atomic E-state index is -4.95. The van der Waals surface area contributed by atoms with E-state index in [4.69, 9.17) is 37.0 Å². The van der Waals surface area contributed by atoms with E-state index in [9.17, 15) is 43.2 Å². The van der Waals surface area contributed by atoms with Crippen molar-refractivity contribution in [1.29, 1.82) is 0 Å². The average Bonchev–Trinajstić information content (AvgIpc) is 2.96. The standard InChI is InChI=1S/C71H138O17P2/c1-8-10-11-12-13-14-24-31-38-45-52-68(73)81-58-66(87-70(75)54-47-40-33-26-19-16-22-29-36-43-50-63(5)6)60-85-89(77,78)83-56-65(72)57-84-90(79,80)86-61-67(59-82-69(74)53-46-39-32-25-18-15-21-28-35-42-49-62(3)4)88-71(76)55-48-41-34-27-20-17-23-30-37-44-51-64(7)9-2/h62-67,72H,8-61H2,1-7H3,(H,77,78)(H,79,80)/t64?,65-,66+,67+/m0/s1. The molecule has 0 aromatic carbocycles. The fourth-order valence-corrected chi connectivity index (χ4v) is 12.3. The lowest BCUT2D eigenvalue weighted by atomic mass is 9.99. The van der Waals surface area contributed by atoms with Crippen LogP contribution in [0.25, 0.3) is 0 Å². The molecule has 0 aromatic rings. The van der Waals surface area contributed by atoms with Crippen molar-refractivity contribution in [3.8, 4) is 0 Å². The molecule has 0 rings (SSSR count). The van der Waals surface area contributed by atoms with Gasteiger partial charge in [0.15, 0.2) is 12.2 Å². The SMILES string of the molecule is CCCCCCCCCCCCC(=O)OC[C@H](COP(=O)(O)OC[C@H](O)COP(=O)(O)OC[C@@H](COC(=O)CCCCCCCCCCCCC(C)C)OC(=O)CCCCCCCCCCCCC(C)CC)OC(=O)CCCCCCCCCCCCC(C)C. The van der Waals surface area contributed by atoms with Crippen LogP contribution in [0.2, 0.25) is 0 Å². The summed E-state index contributed by atoms with van der Waals surface area (Å²) in [6.45, 7) is 11.9. The van der Waals surface area contributed by atoms with Gasteiger partial charge in [-0.15, -0.1) is 0 Å². The van der Waals surface area contributed by atoms with E-state index < -0.39 is 97.5 Å². The third-order valence-electron chi connectivity index (χ3n) is 16.7. The lowest BCUT2D eigenvalue weighted by Gasteiger charge is -2.21. The van der Waals surface area contributed by atoms with E-state index in [2.05, 4.69) is 48.5 Å². The number of carbonyl (C=O) groups is 4. The summed E-state index contributed by atoms with van der Waals surface area (Å²) in [4.78, 5) is 72.6. The Morgan fingerprint density at radius 1 is 0.322 bits per heavy atom. The smallest absolute Gasteiger partial charge is 0.462 e. The highest BCUT2D eigenvalue weighted by molar-refractivity contribution is 7.47. The van der Waals surface area contributed by atoms with Crippen LogP contribution in [-0.2, 0) is 65.4 Å². The van der Waals surface area contributed by atoms with E-state index in [1.165, 1.54) is 167 Å². The number of esters is 4. The second-order valence-electron chi connectivity index (χ2n) is 26.8. The molecule has 534 valence electrons. The van der Waals surface area contributed by atoms with Crippen LogP contribution in [-0.4, -0.2) is 96.7 Å². The molecule has 0 spiro atoms. The second kappa shape index (κ2) is 61.9. The van der Waals surface area contributed by atoms with Crippen molar-refractivity contribution in [2.45, 2.75) is 375 Å². The van der Waals surface area contributed by atoms with Gasteiger partial charge < -0.3 is 33.8 Å². The number of hydrogen-bond acceptors (Lipinski definition) is 15. The van der Waals surface area contributed by atoms with Crippen molar-refractivity contribution in [3.05, 3.63) is 0 Å². The van der Waals surface area contributed by atoms with Crippen LogP contribution in [0.5, 0.6) is 0 Å². The monoisotopic (exact) mass is 1320 g/mol. The molecule has 3 N–H and O–H groups in total. The Balaban J connectivity index is 5.26. The van der Waals surface area contributed by atoms with Crippen LogP contribution in [0.3, 0.4) is 0 Å². The Bertz CT molecular complexity index is 1770. The zero-order valence-corrected chi connectivity index (χ0v) is 60.4. The summed E-state index contributed by atoms with van der Waals surface area (Å²) in [6, 6.07) is 0. The van der Waals surface area contributed by atoms with Crippen LogP contribution >= 0.6 is 15.6 Å². The molecule has 0 aliphatic rings. The Hall–Kier alpha value is -1.94. The molecule has 0 aliphatic heterocycles. The molecule has 90 heavy (non-hydrogen) atoms. The van der Waals surface area contributed by atoms with E-state index in [-0.39, 0.29) is 25.7 Å². The molecular weight excluding hydrogens is 1190 g/mol. The number of phosphoric ester groups is 2. The predicted molar refractivity (Wildman–Crippen MR) is 363 cm³/mol. The van der Waals surface area contributed by atoms with Crippen molar-refractivity contribution < 1.29 is 80.2 Å². The first kappa shape index (κ1) is 88.1. The molecule has 0 heterocycles. The fourth-order valence-electron chi connectivity index (χ4n) is 10.7. The molecule has 6 atom stereocenters. The maximum Gasteiger partial charge on any atom is 0.472 e. The van der Waals surface area contributed by atoms with Crippen molar-refractivity contribution in [3.63, 3.8) is 0 Å². The normalized spacial score (nSPS) is 14.5. The number of rotatable bonds is 69. The van der Waals surface area contributed by atoms with E-state index in [0.29, 0.717) is 25.7 Å². The summed E-state index contributed by atoms with van der Waals surface area (Å²) in [5.74, 6) is 0.189. The van der Waals surface area contributed by atoms with Crippen LogP contribution in [0.1, 0.15) is 357 Å². The molecule has 17 nitrogen and oxygen atoms in total. The van der Waals surface area contributed by atoms with E-state index >= 15 is 0 Å². The van der Waals surface area contributed by atoms with Gasteiger partial charge in [0.1, 0.15) is 19.3 Å². The Morgan fingerprint density at radius 3 is 0.844 bits per heavy atom. The molecule has 0 aromatic heterocycles.